The van der Waals surface area contributed by atoms with Crippen molar-refractivity contribution in [3.63, 3.8) is 0 Å². The third-order valence-corrected chi connectivity index (χ3v) is 4.65. The quantitative estimate of drug-likeness (QED) is 0.776. The summed E-state index contributed by atoms with van der Waals surface area (Å²) in [6.45, 7) is 4.48. The summed E-state index contributed by atoms with van der Waals surface area (Å²) in [4.78, 5) is 6.02. The standard InChI is InChI=1S/C19H19ClN2O/c20-15-6-7-18-16(12-15)17(13-22-8-10-23-11-9-22)19(21-18)14-4-2-1-3-5-14/h1-7,12,21H,8-11,13H2. The van der Waals surface area contributed by atoms with Crippen LogP contribution in [0.1, 0.15) is 5.56 Å². The fraction of sp³-hybridized carbons (Fsp3) is 0.263. The van der Waals surface area contributed by atoms with Crippen molar-refractivity contribution in [1.82, 2.24) is 9.88 Å². The van der Waals surface area contributed by atoms with Crippen LogP contribution in [0, 0.1) is 0 Å². The molecule has 0 spiro atoms. The van der Waals surface area contributed by atoms with Crippen molar-refractivity contribution >= 4 is 22.5 Å². The van der Waals surface area contributed by atoms with Crippen molar-refractivity contribution in [2.45, 2.75) is 6.54 Å². The second-order valence-corrected chi connectivity index (χ2v) is 6.36. The number of H-pyrrole nitrogens is 1. The first-order valence-electron chi connectivity index (χ1n) is 7.97. The Bertz CT molecular complexity index is 807. The molecular weight excluding hydrogens is 308 g/mol. The van der Waals surface area contributed by atoms with Crippen molar-refractivity contribution in [1.29, 1.82) is 0 Å². The lowest BCUT2D eigenvalue weighted by atomic mass is 10.0. The number of fused-ring (bicyclic) bond motifs is 1. The fourth-order valence-corrected chi connectivity index (χ4v) is 3.39. The number of nitrogens with one attached hydrogen (secondary N) is 1. The van der Waals surface area contributed by atoms with Gasteiger partial charge >= 0.3 is 0 Å². The topological polar surface area (TPSA) is 28.3 Å². The van der Waals surface area contributed by atoms with Gasteiger partial charge in [-0.05, 0) is 29.3 Å². The summed E-state index contributed by atoms with van der Waals surface area (Å²) in [6.07, 6.45) is 0. The van der Waals surface area contributed by atoms with E-state index < -0.39 is 0 Å². The molecule has 4 heteroatoms. The van der Waals surface area contributed by atoms with Crippen LogP contribution in [0.5, 0.6) is 0 Å². The van der Waals surface area contributed by atoms with E-state index in [9.17, 15) is 0 Å². The van der Waals surface area contributed by atoms with Gasteiger partial charge in [-0.15, -0.1) is 0 Å². The van der Waals surface area contributed by atoms with Gasteiger partial charge in [0.05, 0.1) is 18.9 Å². The van der Waals surface area contributed by atoms with Crippen molar-refractivity contribution < 1.29 is 4.74 Å². The van der Waals surface area contributed by atoms with E-state index in [0.717, 1.165) is 43.4 Å². The number of morpholine rings is 1. The average Bonchev–Trinajstić information content (AvgIpc) is 2.95. The number of ether oxygens (including phenoxy) is 1. The molecule has 1 saturated heterocycles. The zero-order chi connectivity index (χ0) is 15.6. The molecule has 1 N–H and O–H groups in total. The van der Waals surface area contributed by atoms with Crippen molar-refractivity contribution in [2.24, 2.45) is 0 Å². The predicted molar refractivity (Wildman–Crippen MR) is 94.8 cm³/mol. The zero-order valence-corrected chi connectivity index (χ0v) is 13.6. The van der Waals surface area contributed by atoms with Gasteiger partial charge in [-0.2, -0.15) is 0 Å². The van der Waals surface area contributed by atoms with Crippen LogP contribution < -0.4 is 0 Å². The number of rotatable bonds is 3. The maximum absolute atomic E-state index is 6.24. The summed E-state index contributed by atoms with van der Waals surface area (Å²) in [5.74, 6) is 0. The first kappa shape index (κ1) is 14.8. The molecule has 2 aromatic carbocycles. The highest BCUT2D eigenvalue weighted by atomic mass is 35.5. The summed E-state index contributed by atoms with van der Waals surface area (Å²) in [6, 6.07) is 16.6. The largest absolute Gasteiger partial charge is 0.379 e. The van der Waals surface area contributed by atoms with Crippen LogP contribution in [0.15, 0.2) is 48.5 Å². The SMILES string of the molecule is Clc1ccc2[nH]c(-c3ccccc3)c(CN3CCOCC3)c2c1. The number of halogens is 1. The van der Waals surface area contributed by atoms with Crippen molar-refractivity contribution in [3.05, 3.63) is 59.1 Å². The molecule has 0 unspecified atom stereocenters. The number of benzene rings is 2. The number of aromatic amines is 1. The summed E-state index contributed by atoms with van der Waals surface area (Å²) in [5.41, 5.74) is 4.85. The molecule has 1 aromatic heterocycles. The molecule has 23 heavy (non-hydrogen) atoms. The number of aromatic nitrogens is 1. The van der Waals surface area contributed by atoms with E-state index >= 15 is 0 Å². The highest BCUT2D eigenvalue weighted by molar-refractivity contribution is 6.31. The minimum Gasteiger partial charge on any atom is -0.379 e. The van der Waals surface area contributed by atoms with E-state index in [1.54, 1.807) is 0 Å². The number of hydrogen-bond acceptors (Lipinski definition) is 2. The van der Waals surface area contributed by atoms with Crippen LogP contribution in [0.4, 0.5) is 0 Å². The Morgan fingerprint density at radius 1 is 1.04 bits per heavy atom. The Labute approximate surface area is 140 Å². The van der Waals surface area contributed by atoms with E-state index in [-0.39, 0.29) is 0 Å². The summed E-state index contributed by atoms with van der Waals surface area (Å²) >= 11 is 6.24. The van der Waals surface area contributed by atoms with Crippen LogP contribution in [0.3, 0.4) is 0 Å². The average molecular weight is 327 g/mol. The van der Waals surface area contributed by atoms with Gasteiger partial charge in [-0.25, -0.2) is 0 Å². The molecule has 1 aliphatic rings. The molecule has 1 fully saturated rings. The van der Waals surface area contributed by atoms with E-state index in [0.29, 0.717) is 0 Å². The lowest BCUT2D eigenvalue weighted by molar-refractivity contribution is 0.0344. The Hall–Kier alpha value is -1.81. The Morgan fingerprint density at radius 2 is 1.83 bits per heavy atom. The first-order chi connectivity index (χ1) is 11.3. The normalized spacial score (nSPS) is 16.0. The smallest absolute Gasteiger partial charge is 0.0594 e. The molecule has 0 radical (unpaired) electrons. The van der Waals surface area contributed by atoms with Gasteiger partial charge in [0.2, 0.25) is 0 Å². The van der Waals surface area contributed by atoms with Gasteiger partial charge in [-0.3, -0.25) is 4.90 Å². The minimum absolute atomic E-state index is 0.777. The molecule has 2 heterocycles. The van der Waals surface area contributed by atoms with Crippen LogP contribution >= 0.6 is 11.6 Å². The maximum atomic E-state index is 6.24. The lowest BCUT2D eigenvalue weighted by Crippen LogP contribution is -2.35. The highest BCUT2D eigenvalue weighted by Crippen LogP contribution is 2.33. The van der Waals surface area contributed by atoms with Crippen LogP contribution in [0.2, 0.25) is 5.02 Å². The van der Waals surface area contributed by atoms with Gasteiger partial charge in [0.25, 0.3) is 0 Å². The van der Waals surface area contributed by atoms with Gasteiger partial charge in [0.15, 0.2) is 0 Å². The van der Waals surface area contributed by atoms with E-state index in [4.69, 9.17) is 16.3 Å². The second-order valence-electron chi connectivity index (χ2n) is 5.92. The van der Waals surface area contributed by atoms with Gasteiger partial charge < -0.3 is 9.72 Å². The predicted octanol–water partition coefficient (Wildman–Crippen LogP) is 4.32. The lowest BCUT2D eigenvalue weighted by Gasteiger charge is -2.26. The van der Waals surface area contributed by atoms with Crippen LogP contribution in [-0.4, -0.2) is 36.2 Å². The molecule has 118 valence electrons. The van der Waals surface area contributed by atoms with Crippen LogP contribution in [-0.2, 0) is 11.3 Å². The molecule has 0 atom stereocenters. The second kappa shape index (κ2) is 6.36. The van der Waals surface area contributed by atoms with E-state index in [1.165, 1.54) is 22.2 Å². The third kappa shape index (κ3) is 3.00. The molecular formula is C19H19ClN2O. The molecule has 0 bridgehead atoms. The monoisotopic (exact) mass is 326 g/mol. The highest BCUT2D eigenvalue weighted by Gasteiger charge is 2.18. The molecule has 1 aliphatic heterocycles. The number of hydrogen-bond donors (Lipinski definition) is 1. The fourth-order valence-electron chi connectivity index (χ4n) is 3.22. The molecule has 0 aliphatic carbocycles. The minimum atomic E-state index is 0.777. The Morgan fingerprint density at radius 3 is 2.61 bits per heavy atom. The number of nitrogens with zero attached hydrogens (tertiary/aromatic N) is 1. The third-order valence-electron chi connectivity index (χ3n) is 4.42. The maximum Gasteiger partial charge on any atom is 0.0594 e. The van der Waals surface area contributed by atoms with Crippen LogP contribution in [0.25, 0.3) is 22.2 Å². The molecule has 4 rings (SSSR count). The Kier molecular flexibility index (Phi) is 4.08. The molecule has 0 saturated carbocycles. The van der Waals surface area contributed by atoms with Gasteiger partial charge in [0, 0.05) is 35.6 Å². The first-order valence-corrected chi connectivity index (χ1v) is 8.35. The molecule has 3 nitrogen and oxygen atoms in total. The molecule has 3 aromatic rings. The van der Waals surface area contributed by atoms with Crippen molar-refractivity contribution in [2.75, 3.05) is 26.3 Å². The summed E-state index contributed by atoms with van der Waals surface area (Å²) < 4.78 is 5.47. The molecule has 0 amide bonds. The van der Waals surface area contributed by atoms with Gasteiger partial charge in [-0.1, -0.05) is 41.9 Å². The zero-order valence-electron chi connectivity index (χ0n) is 12.9. The van der Waals surface area contributed by atoms with Crippen molar-refractivity contribution in [3.8, 4) is 11.3 Å². The Balaban J connectivity index is 1.82. The van der Waals surface area contributed by atoms with Gasteiger partial charge in [0.1, 0.15) is 0 Å². The summed E-state index contributed by atoms with van der Waals surface area (Å²) in [5, 5.41) is 1.99. The van der Waals surface area contributed by atoms with E-state index in [1.807, 2.05) is 12.1 Å². The summed E-state index contributed by atoms with van der Waals surface area (Å²) in [7, 11) is 0. The van der Waals surface area contributed by atoms with E-state index in [2.05, 4.69) is 46.3 Å².